The van der Waals surface area contributed by atoms with Crippen molar-refractivity contribution in [2.24, 2.45) is 0 Å². The Labute approximate surface area is 221 Å². The summed E-state index contributed by atoms with van der Waals surface area (Å²) in [6.45, 7) is 6.29. The van der Waals surface area contributed by atoms with Gasteiger partial charge < -0.3 is 9.64 Å². The average Bonchev–Trinajstić information content (AvgIpc) is 3.78. The molecule has 1 saturated carbocycles. The summed E-state index contributed by atoms with van der Waals surface area (Å²) in [5.74, 6) is 4.65. The summed E-state index contributed by atoms with van der Waals surface area (Å²) in [6, 6.07) is 15.0. The fourth-order valence-electron chi connectivity index (χ4n) is 5.76. The van der Waals surface area contributed by atoms with E-state index in [9.17, 15) is 4.79 Å². The van der Waals surface area contributed by atoms with Crippen LogP contribution in [-0.4, -0.2) is 36.0 Å². The van der Waals surface area contributed by atoms with E-state index in [0.29, 0.717) is 30.5 Å². The van der Waals surface area contributed by atoms with Gasteiger partial charge in [-0.3, -0.25) is 4.79 Å². The van der Waals surface area contributed by atoms with Crippen molar-refractivity contribution in [1.82, 2.24) is 9.97 Å². The second-order valence-corrected chi connectivity index (χ2v) is 11.1. The van der Waals surface area contributed by atoms with Crippen molar-refractivity contribution in [1.29, 1.82) is 0 Å². The molecule has 37 heavy (non-hydrogen) atoms. The van der Waals surface area contributed by atoms with Gasteiger partial charge in [-0.25, -0.2) is 9.97 Å². The van der Waals surface area contributed by atoms with Crippen LogP contribution in [-0.2, 0) is 4.79 Å². The van der Waals surface area contributed by atoms with Crippen LogP contribution in [0.3, 0.4) is 0 Å². The van der Waals surface area contributed by atoms with Crippen molar-refractivity contribution >= 4 is 22.5 Å². The number of piperidine rings is 1. The molecule has 1 aromatic heterocycles. The van der Waals surface area contributed by atoms with Crippen LogP contribution in [0.15, 0.2) is 42.5 Å². The number of rotatable bonds is 11. The van der Waals surface area contributed by atoms with E-state index in [-0.39, 0.29) is 5.92 Å². The quantitative estimate of drug-likeness (QED) is 0.255. The van der Waals surface area contributed by atoms with Gasteiger partial charge in [0.2, 0.25) is 0 Å². The maximum absolute atomic E-state index is 12.6. The van der Waals surface area contributed by atoms with Gasteiger partial charge in [-0.1, -0.05) is 51.0 Å². The number of para-hydroxylation sites is 1. The molecule has 1 unspecified atom stereocenters. The molecular weight excluding hydrogens is 458 g/mol. The standard InChI is InChI=1S/C32H41N3O2/c1-4-5-6-9-26(36)20-22(2)25-14-15-29-28(21-25)32(34-31(33-29)24-12-13-24)35-18-16-23(17-19-35)27-10-7-8-11-30(27)37-3/h7-8,10-11,14-15,21-24H,4-6,9,12-13,16-20H2,1-3H3. The van der Waals surface area contributed by atoms with Crippen LogP contribution in [0.4, 0.5) is 5.82 Å². The molecule has 5 rings (SSSR count). The van der Waals surface area contributed by atoms with Crippen molar-refractivity contribution in [2.45, 2.75) is 89.4 Å². The SMILES string of the molecule is CCCCCC(=O)CC(C)c1ccc2nc(C3CC3)nc(N3CCC(c4ccccc4OC)CC3)c2c1. The number of Topliss-reactive ketones (excluding diaryl/α,β-unsaturated/α-hetero) is 1. The minimum atomic E-state index is 0.200. The monoisotopic (exact) mass is 499 g/mol. The lowest BCUT2D eigenvalue weighted by Gasteiger charge is -2.34. The van der Waals surface area contributed by atoms with Crippen molar-refractivity contribution in [2.75, 3.05) is 25.1 Å². The molecule has 1 aliphatic carbocycles. The Morgan fingerprint density at radius 3 is 2.54 bits per heavy atom. The summed E-state index contributed by atoms with van der Waals surface area (Å²) in [6.07, 6.45) is 9.13. The molecule has 5 heteroatoms. The van der Waals surface area contributed by atoms with Crippen molar-refractivity contribution in [3.05, 3.63) is 59.4 Å². The molecule has 2 fully saturated rings. The lowest BCUT2D eigenvalue weighted by Crippen LogP contribution is -2.34. The maximum atomic E-state index is 12.6. The molecule has 196 valence electrons. The Bertz CT molecular complexity index is 1230. The first-order chi connectivity index (χ1) is 18.1. The Balaban J connectivity index is 1.38. The lowest BCUT2D eigenvalue weighted by molar-refractivity contribution is -0.119. The van der Waals surface area contributed by atoms with Crippen LogP contribution in [0, 0.1) is 0 Å². The predicted octanol–water partition coefficient (Wildman–Crippen LogP) is 7.54. The second kappa shape index (κ2) is 11.6. The number of carbonyl (C=O) groups excluding carboxylic acids is 1. The molecule has 0 N–H and O–H groups in total. The van der Waals surface area contributed by atoms with Gasteiger partial charge in [0.05, 0.1) is 12.6 Å². The summed E-state index contributed by atoms with van der Waals surface area (Å²) < 4.78 is 5.65. The minimum Gasteiger partial charge on any atom is -0.496 e. The van der Waals surface area contributed by atoms with E-state index < -0.39 is 0 Å². The number of nitrogens with zero attached hydrogens (tertiary/aromatic N) is 3. The molecule has 2 aromatic carbocycles. The number of hydrogen-bond acceptors (Lipinski definition) is 5. The number of ketones is 1. The van der Waals surface area contributed by atoms with Crippen molar-refractivity contribution in [3.8, 4) is 5.75 Å². The van der Waals surface area contributed by atoms with Gasteiger partial charge >= 0.3 is 0 Å². The Hall–Kier alpha value is -2.95. The number of ether oxygens (including phenoxy) is 1. The molecule has 0 radical (unpaired) electrons. The van der Waals surface area contributed by atoms with Gasteiger partial charge in [0, 0.05) is 37.2 Å². The highest BCUT2D eigenvalue weighted by Crippen LogP contribution is 2.41. The average molecular weight is 500 g/mol. The summed E-state index contributed by atoms with van der Waals surface area (Å²) in [5.41, 5.74) is 3.56. The van der Waals surface area contributed by atoms with Gasteiger partial charge in [-0.15, -0.1) is 0 Å². The molecular formula is C32H41N3O2. The fourth-order valence-corrected chi connectivity index (χ4v) is 5.76. The zero-order chi connectivity index (χ0) is 25.8. The highest BCUT2D eigenvalue weighted by Gasteiger charge is 2.30. The largest absolute Gasteiger partial charge is 0.496 e. The third-order valence-corrected chi connectivity index (χ3v) is 8.19. The minimum absolute atomic E-state index is 0.200. The molecule has 1 saturated heterocycles. The van der Waals surface area contributed by atoms with Crippen LogP contribution in [0.1, 0.15) is 106 Å². The van der Waals surface area contributed by atoms with Gasteiger partial charge in [-0.2, -0.15) is 0 Å². The zero-order valence-corrected chi connectivity index (χ0v) is 22.7. The third kappa shape index (κ3) is 5.97. The molecule has 0 spiro atoms. The molecule has 3 aromatic rings. The van der Waals surface area contributed by atoms with E-state index in [0.717, 1.165) is 73.5 Å². The Morgan fingerprint density at radius 2 is 1.81 bits per heavy atom. The second-order valence-electron chi connectivity index (χ2n) is 11.1. The first-order valence-corrected chi connectivity index (χ1v) is 14.3. The zero-order valence-electron chi connectivity index (χ0n) is 22.7. The highest BCUT2D eigenvalue weighted by molar-refractivity contribution is 5.90. The highest BCUT2D eigenvalue weighted by atomic mass is 16.5. The number of methoxy groups -OCH3 is 1. The number of benzene rings is 2. The third-order valence-electron chi connectivity index (χ3n) is 8.19. The molecule has 0 amide bonds. The van der Waals surface area contributed by atoms with Gasteiger partial charge in [0.15, 0.2) is 0 Å². The van der Waals surface area contributed by atoms with Crippen LogP contribution < -0.4 is 9.64 Å². The molecule has 1 aliphatic heterocycles. The number of aromatic nitrogens is 2. The number of fused-ring (bicyclic) bond motifs is 1. The van der Waals surface area contributed by atoms with E-state index in [1.807, 2.05) is 6.07 Å². The Morgan fingerprint density at radius 1 is 1.03 bits per heavy atom. The van der Waals surface area contributed by atoms with E-state index >= 15 is 0 Å². The van der Waals surface area contributed by atoms with Crippen LogP contribution in [0.5, 0.6) is 5.75 Å². The summed E-state index contributed by atoms with van der Waals surface area (Å²) in [7, 11) is 1.76. The van der Waals surface area contributed by atoms with Crippen molar-refractivity contribution < 1.29 is 9.53 Å². The van der Waals surface area contributed by atoms with Gasteiger partial charge in [0.1, 0.15) is 23.2 Å². The smallest absolute Gasteiger partial charge is 0.140 e. The summed E-state index contributed by atoms with van der Waals surface area (Å²) in [4.78, 5) is 25.1. The molecule has 5 nitrogen and oxygen atoms in total. The topological polar surface area (TPSA) is 55.3 Å². The predicted molar refractivity (Wildman–Crippen MR) is 151 cm³/mol. The van der Waals surface area contributed by atoms with Crippen LogP contribution in [0.2, 0.25) is 0 Å². The Kier molecular flexibility index (Phi) is 8.07. The van der Waals surface area contributed by atoms with E-state index in [4.69, 9.17) is 14.7 Å². The van der Waals surface area contributed by atoms with Crippen molar-refractivity contribution in [3.63, 3.8) is 0 Å². The number of unbranched alkanes of at least 4 members (excludes halogenated alkanes) is 2. The lowest BCUT2D eigenvalue weighted by atomic mass is 9.88. The first kappa shape index (κ1) is 25.7. The van der Waals surface area contributed by atoms with Gasteiger partial charge in [-0.05, 0) is 73.3 Å². The van der Waals surface area contributed by atoms with Crippen LogP contribution >= 0.6 is 0 Å². The molecule has 2 heterocycles. The normalized spacial score (nSPS) is 17.2. The van der Waals surface area contributed by atoms with E-state index in [2.05, 4.69) is 55.1 Å². The molecule has 2 aliphatic rings. The summed E-state index contributed by atoms with van der Waals surface area (Å²) >= 11 is 0. The summed E-state index contributed by atoms with van der Waals surface area (Å²) in [5, 5.41) is 1.13. The maximum Gasteiger partial charge on any atom is 0.140 e. The fraction of sp³-hybridized carbons (Fsp3) is 0.531. The van der Waals surface area contributed by atoms with E-state index in [1.165, 1.54) is 24.0 Å². The number of anilines is 1. The first-order valence-electron chi connectivity index (χ1n) is 14.3. The molecule has 1 atom stereocenters. The van der Waals surface area contributed by atoms with Gasteiger partial charge in [0.25, 0.3) is 0 Å². The number of carbonyl (C=O) groups is 1. The molecule has 0 bridgehead atoms. The van der Waals surface area contributed by atoms with E-state index in [1.54, 1.807) is 7.11 Å². The number of hydrogen-bond donors (Lipinski definition) is 0. The van der Waals surface area contributed by atoms with Crippen LogP contribution in [0.25, 0.3) is 10.9 Å².